The molecule has 3 aromatic rings. The van der Waals surface area contributed by atoms with Gasteiger partial charge in [0.15, 0.2) is 0 Å². The minimum atomic E-state index is 0.651. The van der Waals surface area contributed by atoms with Gasteiger partial charge in [0.25, 0.3) is 0 Å². The van der Waals surface area contributed by atoms with Crippen molar-refractivity contribution < 1.29 is 9.47 Å². The Morgan fingerprint density at radius 2 is 0.750 bits per heavy atom. The number of benzene rings is 3. The highest BCUT2D eigenvalue weighted by atomic mass is 16.5. The Kier molecular flexibility index (Phi) is 18.4. The third-order valence-electron chi connectivity index (χ3n) is 11.4. The second-order valence-corrected chi connectivity index (χ2v) is 15.9. The first-order chi connectivity index (χ1) is 25.8. The molecule has 4 nitrogen and oxygen atoms in total. The van der Waals surface area contributed by atoms with E-state index in [9.17, 15) is 0 Å². The Bertz CT molecular complexity index is 1280. The SMILES string of the molecule is CCCCCCCCCCCCc1c2c(c(CCCCCCCCCCCC)c3c1OCN(Cc1ccccc1)C3)OCN(Cc1ccccc1)C2. The van der Waals surface area contributed by atoms with Crippen LogP contribution >= 0.6 is 0 Å². The van der Waals surface area contributed by atoms with Crippen LogP contribution in [0.2, 0.25) is 0 Å². The smallest absolute Gasteiger partial charge is 0.142 e. The largest absolute Gasteiger partial charge is 0.477 e. The minimum absolute atomic E-state index is 0.651. The molecule has 4 heteroatoms. The van der Waals surface area contributed by atoms with Crippen LogP contribution in [0.1, 0.15) is 176 Å². The molecular formula is C48H72N2O2. The fourth-order valence-electron chi connectivity index (χ4n) is 8.44. The van der Waals surface area contributed by atoms with E-state index in [1.54, 1.807) is 0 Å². The summed E-state index contributed by atoms with van der Waals surface area (Å²) < 4.78 is 13.8. The highest BCUT2D eigenvalue weighted by Crippen LogP contribution is 2.45. The quantitative estimate of drug-likeness (QED) is 0.0775. The van der Waals surface area contributed by atoms with Crippen LogP contribution in [0.25, 0.3) is 0 Å². The topological polar surface area (TPSA) is 24.9 Å². The summed E-state index contributed by atoms with van der Waals surface area (Å²) in [5.41, 5.74) is 8.40. The van der Waals surface area contributed by atoms with Crippen LogP contribution in [0.5, 0.6) is 11.5 Å². The minimum Gasteiger partial charge on any atom is -0.477 e. The summed E-state index contributed by atoms with van der Waals surface area (Å²) in [4.78, 5) is 4.97. The maximum atomic E-state index is 6.89. The lowest BCUT2D eigenvalue weighted by molar-refractivity contribution is 0.0752. The van der Waals surface area contributed by atoms with Crippen molar-refractivity contribution in [2.45, 2.75) is 181 Å². The number of rotatable bonds is 26. The molecule has 286 valence electrons. The van der Waals surface area contributed by atoms with E-state index in [1.165, 1.54) is 173 Å². The normalized spacial score (nSPS) is 14.5. The number of hydrogen-bond acceptors (Lipinski definition) is 4. The van der Waals surface area contributed by atoms with Gasteiger partial charge in [-0.2, -0.15) is 0 Å². The van der Waals surface area contributed by atoms with Gasteiger partial charge in [0, 0.05) is 48.4 Å². The standard InChI is InChI=1S/C48H72N2O2/c1-3-5-7-9-11-13-15-17-19-27-33-43-45-37-49(35-41-29-23-21-24-30-41)40-52-48(45)44(34-28-20-18-16-14-12-10-8-6-4-2)46-38-50(39-51-47(43)46)36-42-31-25-22-26-32-42/h21-26,29-32H,3-20,27-28,33-40H2,1-2H3. The molecule has 0 unspecified atom stereocenters. The zero-order valence-corrected chi connectivity index (χ0v) is 33.3. The predicted octanol–water partition coefficient (Wildman–Crippen LogP) is 13.3. The Labute approximate surface area is 318 Å². The molecule has 0 fully saturated rings. The number of hydrogen-bond donors (Lipinski definition) is 0. The molecule has 0 aromatic heterocycles. The van der Waals surface area contributed by atoms with E-state index in [4.69, 9.17) is 9.47 Å². The summed E-state index contributed by atoms with van der Waals surface area (Å²) in [5.74, 6) is 2.40. The maximum Gasteiger partial charge on any atom is 0.142 e. The summed E-state index contributed by atoms with van der Waals surface area (Å²) in [6.45, 7) is 9.61. The van der Waals surface area contributed by atoms with Crippen molar-refractivity contribution >= 4 is 0 Å². The molecule has 0 saturated heterocycles. The lowest BCUT2D eigenvalue weighted by Crippen LogP contribution is -2.36. The number of fused-ring (bicyclic) bond motifs is 2. The molecule has 5 rings (SSSR count). The fourth-order valence-corrected chi connectivity index (χ4v) is 8.44. The van der Waals surface area contributed by atoms with Gasteiger partial charge in [0.1, 0.15) is 25.0 Å². The number of unbranched alkanes of at least 4 members (excludes halogenated alkanes) is 18. The molecule has 52 heavy (non-hydrogen) atoms. The van der Waals surface area contributed by atoms with E-state index < -0.39 is 0 Å². The van der Waals surface area contributed by atoms with Crippen molar-refractivity contribution in [1.29, 1.82) is 0 Å². The van der Waals surface area contributed by atoms with Gasteiger partial charge in [-0.3, -0.25) is 9.80 Å². The maximum absolute atomic E-state index is 6.89. The van der Waals surface area contributed by atoms with Crippen LogP contribution in [0.15, 0.2) is 60.7 Å². The van der Waals surface area contributed by atoms with E-state index >= 15 is 0 Å². The lowest BCUT2D eigenvalue weighted by Gasteiger charge is -2.38. The lowest BCUT2D eigenvalue weighted by atomic mass is 9.88. The second kappa shape index (κ2) is 23.8. The first kappa shape index (κ1) is 40.4. The molecular weight excluding hydrogens is 637 g/mol. The molecule has 0 bridgehead atoms. The molecule has 0 radical (unpaired) electrons. The molecule has 0 atom stereocenters. The van der Waals surface area contributed by atoms with Crippen molar-refractivity contribution in [3.8, 4) is 11.5 Å². The molecule has 2 heterocycles. The van der Waals surface area contributed by atoms with Crippen molar-refractivity contribution in [2.75, 3.05) is 13.5 Å². The molecule has 0 saturated carbocycles. The third kappa shape index (κ3) is 13.2. The predicted molar refractivity (Wildman–Crippen MR) is 220 cm³/mol. The first-order valence-electron chi connectivity index (χ1n) is 21.7. The van der Waals surface area contributed by atoms with Crippen LogP contribution < -0.4 is 9.47 Å². The first-order valence-corrected chi connectivity index (χ1v) is 21.7. The van der Waals surface area contributed by atoms with E-state index in [0.717, 1.165) is 39.0 Å². The summed E-state index contributed by atoms with van der Waals surface area (Å²) >= 11 is 0. The number of nitrogens with zero attached hydrogens (tertiary/aromatic N) is 2. The van der Waals surface area contributed by atoms with Gasteiger partial charge in [0.2, 0.25) is 0 Å². The summed E-state index contributed by atoms with van der Waals surface area (Å²) in [7, 11) is 0. The molecule has 0 N–H and O–H groups in total. The molecule has 0 amide bonds. The van der Waals surface area contributed by atoms with Crippen molar-refractivity contribution in [3.63, 3.8) is 0 Å². The Morgan fingerprint density at radius 3 is 1.10 bits per heavy atom. The highest BCUT2D eigenvalue weighted by molar-refractivity contribution is 5.60. The molecule has 2 aliphatic rings. The van der Waals surface area contributed by atoms with Crippen molar-refractivity contribution in [3.05, 3.63) is 94.0 Å². The van der Waals surface area contributed by atoms with Gasteiger partial charge in [0.05, 0.1) is 0 Å². The van der Waals surface area contributed by atoms with Crippen molar-refractivity contribution in [1.82, 2.24) is 9.80 Å². The highest BCUT2D eigenvalue weighted by Gasteiger charge is 2.32. The average molecular weight is 709 g/mol. The molecule has 0 aliphatic carbocycles. The zero-order valence-electron chi connectivity index (χ0n) is 33.3. The van der Waals surface area contributed by atoms with Gasteiger partial charge in [-0.05, 0) is 36.8 Å². The van der Waals surface area contributed by atoms with E-state index in [0.29, 0.717) is 13.5 Å². The van der Waals surface area contributed by atoms with Crippen LogP contribution in [0.4, 0.5) is 0 Å². The summed E-state index contributed by atoms with van der Waals surface area (Å²) in [6, 6.07) is 21.8. The molecule has 0 spiro atoms. The Hall–Kier alpha value is -2.82. The molecule has 3 aromatic carbocycles. The summed E-state index contributed by atoms with van der Waals surface area (Å²) in [6.07, 6.45) is 29.3. The van der Waals surface area contributed by atoms with Crippen LogP contribution in [0.3, 0.4) is 0 Å². The monoisotopic (exact) mass is 709 g/mol. The van der Waals surface area contributed by atoms with Crippen LogP contribution in [-0.2, 0) is 39.0 Å². The number of ether oxygens (including phenoxy) is 2. The van der Waals surface area contributed by atoms with Crippen LogP contribution in [-0.4, -0.2) is 23.3 Å². The van der Waals surface area contributed by atoms with E-state index in [1.807, 2.05) is 0 Å². The van der Waals surface area contributed by atoms with Crippen molar-refractivity contribution in [2.24, 2.45) is 0 Å². The second-order valence-electron chi connectivity index (χ2n) is 15.9. The average Bonchev–Trinajstić information content (AvgIpc) is 3.17. The van der Waals surface area contributed by atoms with Gasteiger partial charge in [-0.1, -0.05) is 190 Å². The Morgan fingerprint density at radius 1 is 0.423 bits per heavy atom. The van der Waals surface area contributed by atoms with Gasteiger partial charge < -0.3 is 9.47 Å². The fraction of sp³-hybridized carbons (Fsp3) is 0.625. The zero-order chi connectivity index (χ0) is 36.1. The van der Waals surface area contributed by atoms with Gasteiger partial charge in [-0.15, -0.1) is 0 Å². The van der Waals surface area contributed by atoms with Gasteiger partial charge >= 0.3 is 0 Å². The Balaban J connectivity index is 1.30. The van der Waals surface area contributed by atoms with Crippen LogP contribution in [0, 0.1) is 0 Å². The van der Waals surface area contributed by atoms with Gasteiger partial charge in [-0.25, -0.2) is 0 Å². The summed E-state index contributed by atoms with van der Waals surface area (Å²) in [5, 5.41) is 0. The third-order valence-corrected chi connectivity index (χ3v) is 11.4. The van der Waals surface area contributed by atoms with E-state index in [-0.39, 0.29) is 0 Å². The van der Waals surface area contributed by atoms with E-state index in [2.05, 4.69) is 84.3 Å². The molecule has 2 aliphatic heterocycles.